The van der Waals surface area contributed by atoms with Crippen molar-refractivity contribution in [1.82, 2.24) is 14.8 Å². The van der Waals surface area contributed by atoms with Crippen molar-refractivity contribution in [3.05, 3.63) is 42.5 Å². The Morgan fingerprint density at radius 3 is 2.48 bits per heavy atom. The molecular formula is C15H20BN3O2. The van der Waals surface area contributed by atoms with E-state index in [0.717, 1.165) is 11.0 Å². The lowest BCUT2D eigenvalue weighted by Gasteiger charge is -2.32. The Morgan fingerprint density at radius 2 is 1.86 bits per heavy atom. The molecule has 5 nitrogen and oxygen atoms in total. The molecule has 1 aromatic carbocycles. The highest BCUT2D eigenvalue weighted by Gasteiger charge is 2.51. The number of hydrogen-bond donors (Lipinski definition) is 0. The van der Waals surface area contributed by atoms with Gasteiger partial charge in [-0.1, -0.05) is 24.3 Å². The third-order valence-electron chi connectivity index (χ3n) is 4.29. The zero-order chi connectivity index (χ0) is 15.1. The predicted octanol–water partition coefficient (Wildman–Crippen LogP) is 1.63. The number of benzene rings is 1. The maximum absolute atomic E-state index is 6.08. The highest BCUT2D eigenvalue weighted by molar-refractivity contribution is 6.62. The van der Waals surface area contributed by atoms with Crippen LogP contribution in [0.5, 0.6) is 0 Å². The molecule has 0 N–H and O–H groups in total. The maximum Gasteiger partial charge on any atom is 0.494 e. The number of aromatic nitrogens is 3. The molecule has 0 unspecified atom stereocenters. The third kappa shape index (κ3) is 2.73. The Hall–Kier alpha value is -1.66. The van der Waals surface area contributed by atoms with Crippen LogP contribution in [-0.2, 0) is 15.9 Å². The van der Waals surface area contributed by atoms with Crippen LogP contribution in [-0.4, -0.2) is 33.1 Å². The molecule has 0 amide bonds. The summed E-state index contributed by atoms with van der Waals surface area (Å²) in [6.45, 7) is 8.93. The second kappa shape index (κ2) is 4.96. The van der Waals surface area contributed by atoms with Gasteiger partial charge in [0.05, 0.1) is 17.7 Å². The quantitative estimate of drug-likeness (QED) is 0.804. The average molecular weight is 285 g/mol. The zero-order valence-electron chi connectivity index (χ0n) is 12.9. The van der Waals surface area contributed by atoms with Crippen molar-refractivity contribution in [2.45, 2.75) is 45.4 Å². The normalized spacial score (nSPS) is 19.9. The van der Waals surface area contributed by atoms with Gasteiger partial charge in [-0.05, 0) is 38.7 Å². The van der Waals surface area contributed by atoms with Crippen LogP contribution in [0.15, 0.2) is 36.9 Å². The number of hydrogen-bond acceptors (Lipinski definition) is 4. The first-order valence-electron chi connectivity index (χ1n) is 7.14. The number of nitrogens with zero attached hydrogens (tertiary/aromatic N) is 3. The van der Waals surface area contributed by atoms with Gasteiger partial charge >= 0.3 is 7.12 Å². The van der Waals surface area contributed by atoms with Crippen LogP contribution in [0.2, 0.25) is 0 Å². The molecule has 21 heavy (non-hydrogen) atoms. The Bertz CT molecular complexity index is 610. The van der Waals surface area contributed by atoms with Gasteiger partial charge in [0.15, 0.2) is 0 Å². The van der Waals surface area contributed by atoms with Crippen LogP contribution in [0.3, 0.4) is 0 Å². The molecule has 1 aliphatic rings. The summed E-state index contributed by atoms with van der Waals surface area (Å²) in [5.74, 6) is 0. The van der Waals surface area contributed by atoms with Crippen LogP contribution in [0.25, 0.3) is 0 Å². The zero-order valence-corrected chi connectivity index (χ0v) is 12.9. The molecule has 6 heteroatoms. The molecule has 2 heterocycles. The van der Waals surface area contributed by atoms with Gasteiger partial charge in [-0.25, -0.2) is 9.67 Å². The minimum atomic E-state index is -0.328. The Morgan fingerprint density at radius 1 is 1.14 bits per heavy atom. The summed E-state index contributed by atoms with van der Waals surface area (Å²) < 4.78 is 14.0. The highest BCUT2D eigenvalue weighted by Crippen LogP contribution is 2.36. The lowest BCUT2D eigenvalue weighted by Crippen LogP contribution is -2.41. The van der Waals surface area contributed by atoms with Crippen molar-refractivity contribution >= 4 is 12.6 Å². The van der Waals surface area contributed by atoms with E-state index in [2.05, 4.69) is 49.9 Å². The summed E-state index contributed by atoms with van der Waals surface area (Å²) in [5, 5.41) is 4.13. The number of rotatable bonds is 3. The van der Waals surface area contributed by atoms with E-state index in [1.807, 2.05) is 12.1 Å². The molecule has 1 aromatic heterocycles. The Kier molecular flexibility index (Phi) is 3.38. The van der Waals surface area contributed by atoms with Crippen LogP contribution in [0.1, 0.15) is 33.3 Å². The van der Waals surface area contributed by atoms with Gasteiger partial charge in [0.1, 0.15) is 12.7 Å². The van der Waals surface area contributed by atoms with Gasteiger partial charge in [-0.15, -0.1) is 0 Å². The van der Waals surface area contributed by atoms with E-state index in [1.54, 1.807) is 11.0 Å². The van der Waals surface area contributed by atoms with Gasteiger partial charge < -0.3 is 9.31 Å². The fourth-order valence-electron chi connectivity index (χ4n) is 2.32. The molecule has 0 saturated carbocycles. The summed E-state index contributed by atoms with van der Waals surface area (Å²) in [6, 6.07) is 8.22. The largest absolute Gasteiger partial charge is 0.494 e. The Labute approximate surface area is 125 Å². The lowest BCUT2D eigenvalue weighted by molar-refractivity contribution is 0.00578. The molecule has 110 valence electrons. The van der Waals surface area contributed by atoms with Crippen molar-refractivity contribution in [2.24, 2.45) is 0 Å². The second-order valence-corrected chi connectivity index (χ2v) is 6.43. The van der Waals surface area contributed by atoms with Gasteiger partial charge in [-0.2, -0.15) is 5.10 Å². The maximum atomic E-state index is 6.08. The highest BCUT2D eigenvalue weighted by atomic mass is 16.7. The van der Waals surface area contributed by atoms with E-state index in [9.17, 15) is 0 Å². The minimum Gasteiger partial charge on any atom is -0.399 e. The van der Waals surface area contributed by atoms with Gasteiger partial charge in [-0.3, -0.25) is 0 Å². The van der Waals surface area contributed by atoms with E-state index in [4.69, 9.17) is 9.31 Å². The van der Waals surface area contributed by atoms with Crippen LogP contribution in [0, 0.1) is 0 Å². The van der Waals surface area contributed by atoms with E-state index in [-0.39, 0.29) is 18.3 Å². The van der Waals surface area contributed by atoms with E-state index in [0.29, 0.717) is 6.54 Å². The molecule has 1 fully saturated rings. The van der Waals surface area contributed by atoms with E-state index in [1.165, 1.54) is 6.33 Å². The molecule has 1 saturated heterocycles. The van der Waals surface area contributed by atoms with Crippen molar-refractivity contribution < 1.29 is 9.31 Å². The fourth-order valence-corrected chi connectivity index (χ4v) is 2.32. The topological polar surface area (TPSA) is 49.2 Å². The summed E-state index contributed by atoms with van der Waals surface area (Å²) in [5.41, 5.74) is 1.54. The van der Waals surface area contributed by atoms with Gasteiger partial charge in [0.25, 0.3) is 0 Å². The smallest absolute Gasteiger partial charge is 0.399 e. The molecule has 2 aromatic rings. The van der Waals surface area contributed by atoms with Crippen LogP contribution >= 0.6 is 0 Å². The van der Waals surface area contributed by atoms with Crippen molar-refractivity contribution in [3.63, 3.8) is 0 Å². The van der Waals surface area contributed by atoms with Crippen molar-refractivity contribution in [3.8, 4) is 0 Å². The van der Waals surface area contributed by atoms with Crippen LogP contribution < -0.4 is 5.46 Å². The van der Waals surface area contributed by atoms with E-state index >= 15 is 0 Å². The monoisotopic (exact) mass is 285 g/mol. The lowest BCUT2D eigenvalue weighted by atomic mass is 9.78. The molecule has 0 spiro atoms. The summed E-state index contributed by atoms with van der Waals surface area (Å²) >= 11 is 0. The molecule has 3 rings (SSSR count). The summed E-state index contributed by atoms with van der Waals surface area (Å²) in [4.78, 5) is 3.96. The molecule has 0 atom stereocenters. The van der Waals surface area contributed by atoms with Crippen molar-refractivity contribution in [1.29, 1.82) is 0 Å². The summed E-state index contributed by atoms with van der Waals surface area (Å²) in [7, 11) is -0.328. The average Bonchev–Trinajstić information content (AvgIpc) is 2.97. The summed E-state index contributed by atoms with van der Waals surface area (Å²) in [6.07, 6.45) is 3.25. The molecule has 0 aliphatic carbocycles. The fraction of sp³-hybridized carbons (Fsp3) is 0.467. The van der Waals surface area contributed by atoms with Crippen molar-refractivity contribution in [2.75, 3.05) is 0 Å². The SMILES string of the molecule is CC1(C)OB(c2cccc(Cn3cncn3)c2)OC1(C)C. The third-order valence-corrected chi connectivity index (χ3v) is 4.29. The first kappa shape index (κ1) is 14.3. The van der Waals surface area contributed by atoms with Crippen LogP contribution in [0.4, 0.5) is 0 Å². The first-order valence-corrected chi connectivity index (χ1v) is 7.14. The van der Waals surface area contributed by atoms with Gasteiger partial charge in [0, 0.05) is 0 Å². The molecule has 0 radical (unpaired) electrons. The Balaban J connectivity index is 1.81. The minimum absolute atomic E-state index is 0.320. The first-order chi connectivity index (χ1) is 9.87. The standard InChI is InChI=1S/C15H20BN3O2/c1-14(2)15(3,4)21-16(20-14)13-7-5-6-12(8-13)9-19-11-17-10-18-19/h5-8,10-11H,9H2,1-4H3. The molecule has 1 aliphatic heterocycles. The molecule has 0 bridgehead atoms. The van der Waals surface area contributed by atoms with Gasteiger partial charge in [0.2, 0.25) is 0 Å². The van der Waals surface area contributed by atoms with E-state index < -0.39 is 0 Å². The second-order valence-electron chi connectivity index (χ2n) is 6.43. The molecular weight excluding hydrogens is 265 g/mol. The predicted molar refractivity (Wildman–Crippen MR) is 81.3 cm³/mol.